The molecule has 0 amide bonds. The van der Waals surface area contributed by atoms with E-state index in [1.807, 2.05) is 24.3 Å². The number of carbonyl (C=O) groups is 2. The highest BCUT2D eigenvalue weighted by Gasteiger charge is 2.34. The van der Waals surface area contributed by atoms with Crippen molar-refractivity contribution in [3.63, 3.8) is 0 Å². The Morgan fingerprint density at radius 3 is 1.86 bits per heavy atom. The number of hydrogen-bond acceptors (Lipinski definition) is 6. The Kier molecular flexibility index (Phi) is 4.49. The Hall–Kier alpha value is -4.25. The van der Waals surface area contributed by atoms with Crippen molar-refractivity contribution >= 4 is 50.3 Å². The summed E-state index contributed by atoms with van der Waals surface area (Å²) in [6.07, 6.45) is 1.25. The van der Waals surface area contributed by atoms with Crippen molar-refractivity contribution in [2.45, 2.75) is 0 Å². The largest absolute Gasteiger partial charge is 0.417 e. The van der Waals surface area contributed by atoms with Gasteiger partial charge in [-0.05, 0) is 29.0 Å². The first-order chi connectivity index (χ1) is 16.7. The lowest BCUT2D eigenvalue weighted by Crippen LogP contribution is -2.04. The molecule has 0 aliphatic heterocycles. The second-order valence-electron chi connectivity index (χ2n) is 7.59. The Labute approximate surface area is 195 Å². The van der Waals surface area contributed by atoms with Crippen molar-refractivity contribution < 1.29 is 36.0 Å². The van der Waals surface area contributed by atoms with Crippen LogP contribution in [0.15, 0.2) is 46.4 Å². The summed E-state index contributed by atoms with van der Waals surface area (Å²) in [5, 5.41) is 1.72. The third-order valence-electron chi connectivity index (χ3n) is 5.55. The van der Waals surface area contributed by atoms with Crippen molar-refractivity contribution in [1.82, 2.24) is 9.97 Å². The maximum atomic E-state index is 14.1. The van der Waals surface area contributed by atoms with Crippen molar-refractivity contribution in [3.05, 3.63) is 87.2 Å². The molecule has 3 aromatic carbocycles. The zero-order valence-corrected chi connectivity index (χ0v) is 17.8. The summed E-state index contributed by atoms with van der Waals surface area (Å²) in [5.74, 6) is -12.6. The van der Waals surface area contributed by atoms with Crippen LogP contribution in [-0.4, -0.2) is 21.5 Å². The molecule has 5 nitrogen and oxygen atoms in total. The molecule has 35 heavy (non-hydrogen) atoms. The molecule has 2 heterocycles. The molecule has 0 atom stereocenters. The van der Waals surface area contributed by atoms with Crippen molar-refractivity contribution in [2.75, 3.05) is 0 Å². The zero-order valence-electron chi connectivity index (χ0n) is 17.0. The number of halogens is 5. The van der Waals surface area contributed by atoms with Crippen LogP contribution in [0.5, 0.6) is 0 Å². The lowest BCUT2D eigenvalue weighted by atomic mass is 10.0. The number of benzene rings is 3. The molecule has 2 aromatic heterocycles. The molecule has 0 saturated heterocycles. The van der Waals surface area contributed by atoms with Crippen LogP contribution < -0.4 is 0 Å². The molecule has 0 bridgehead atoms. The molecule has 1 aliphatic rings. The van der Waals surface area contributed by atoms with Gasteiger partial charge in [-0.1, -0.05) is 35.6 Å². The quantitative estimate of drug-likeness (QED) is 0.0944. The van der Waals surface area contributed by atoms with Gasteiger partial charge >= 0.3 is 0 Å². The number of ketones is 2. The van der Waals surface area contributed by atoms with Gasteiger partial charge in [-0.25, -0.2) is 22.0 Å². The molecular formula is C24H7F5N2O3S. The van der Waals surface area contributed by atoms with Crippen molar-refractivity contribution in [2.24, 2.45) is 0 Å². The average Bonchev–Trinajstić information content (AvgIpc) is 3.48. The van der Waals surface area contributed by atoms with E-state index in [1.54, 1.807) is 12.1 Å². The molecule has 0 radical (unpaired) electrons. The Morgan fingerprint density at radius 2 is 1.31 bits per heavy atom. The van der Waals surface area contributed by atoms with E-state index in [0.29, 0.717) is 0 Å². The molecule has 172 valence electrons. The third kappa shape index (κ3) is 3.04. The molecule has 0 fully saturated rings. The first kappa shape index (κ1) is 21.3. The van der Waals surface area contributed by atoms with E-state index in [-0.39, 0.29) is 32.3 Å². The fourth-order valence-corrected chi connectivity index (χ4v) is 4.69. The van der Waals surface area contributed by atoms with Crippen LogP contribution in [0.4, 0.5) is 22.0 Å². The van der Waals surface area contributed by atoms with Crippen LogP contribution in [0.25, 0.3) is 38.8 Å². The van der Waals surface area contributed by atoms with E-state index >= 15 is 0 Å². The Morgan fingerprint density at radius 1 is 0.771 bits per heavy atom. The minimum Gasteiger partial charge on any atom is -0.417 e. The molecule has 5 aromatic rings. The summed E-state index contributed by atoms with van der Waals surface area (Å²) in [6, 6.07) is 10.5. The molecule has 0 N–H and O–H groups in total. The number of fused-ring (bicyclic) bond motifs is 3. The SMILES string of the molecule is O=C1C(=Cc2nc3oc(-c4c(F)c(F)c(F)c(F)c4F)nc3s2)C(=O)c2cc3ccccc3cc21. The lowest BCUT2D eigenvalue weighted by Gasteiger charge is -2.04. The normalized spacial score (nSPS) is 13.3. The minimum absolute atomic E-state index is 0.0306. The first-order valence-corrected chi connectivity index (χ1v) is 10.7. The maximum Gasteiger partial charge on any atom is 0.259 e. The highest BCUT2D eigenvalue weighted by atomic mass is 32.1. The lowest BCUT2D eigenvalue weighted by molar-refractivity contribution is 0.0990. The van der Waals surface area contributed by atoms with E-state index in [0.717, 1.165) is 22.1 Å². The molecule has 0 spiro atoms. The standard InChI is InChI=1S/C24H7F5N2O3S/c25-15-14(16(26)18(28)19(29)17(15)27)22-31-24-23(34-22)30-13(35-24)7-12-20(32)10-5-8-3-1-2-4-9(8)6-11(10)21(12)33/h1-7H. The Bertz CT molecular complexity index is 1690. The Balaban J connectivity index is 1.40. The molecular weight excluding hydrogens is 491 g/mol. The van der Waals surface area contributed by atoms with E-state index in [9.17, 15) is 31.5 Å². The van der Waals surface area contributed by atoms with Gasteiger partial charge in [-0.15, -0.1) is 0 Å². The molecule has 6 rings (SSSR count). The van der Waals surface area contributed by atoms with Crippen molar-refractivity contribution in [1.29, 1.82) is 0 Å². The summed E-state index contributed by atoms with van der Waals surface area (Å²) in [6.45, 7) is 0. The number of rotatable bonds is 2. The average molecular weight is 498 g/mol. The van der Waals surface area contributed by atoms with Gasteiger partial charge in [0.1, 0.15) is 10.6 Å². The fourth-order valence-electron chi connectivity index (χ4n) is 3.88. The van der Waals surface area contributed by atoms with Crippen LogP contribution >= 0.6 is 11.3 Å². The molecule has 0 saturated carbocycles. The number of aromatic nitrogens is 2. The summed E-state index contributed by atoms with van der Waals surface area (Å²) in [4.78, 5) is 33.5. The van der Waals surface area contributed by atoms with E-state index in [2.05, 4.69) is 9.97 Å². The van der Waals surface area contributed by atoms with Gasteiger partial charge < -0.3 is 4.42 Å². The van der Waals surface area contributed by atoms with Gasteiger partial charge in [0.05, 0.1) is 5.57 Å². The number of nitrogens with zero attached hydrogens (tertiary/aromatic N) is 2. The zero-order chi connectivity index (χ0) is 24.6. The van der Waals surface area contributed by atoms with Gasteiger partial charge in [0.25, 0.3) is 5.71 Å². The van der Waals surface area contributed by atoms with E-state index in [1.165, 1.54) is 6.08 Å². The summed E-state index contributed by atoms with van der Waals surface area (Å²) in [7, 11) is 0. The van der Waals surface area contributed by atoms with Gasteiger partial charge in [-0.2, -0.15) is 9.97 Å². The summed E-state index contributed by atoms with van der Waals surface area (Å²) < 4.78 is 73.6. The summed E-state index contributed by atoms with van der Waals surface area (Å²) in [5.41, 5.74) is -1.21. The predicted octanol–water partition coefficient (Wildman–Crippen LogP) is 6.26. The number of oxazole rings is 1. The fraction of sp³-hybridized carbons (Fsp3) is 0. The highest BCUT2D eigenvalue weighted by molar-refractivity contribution is 7.18. The van der Waals surface area contributed by atoms with E-state index in [4.69, 9.17) is 4.42 Å². The second-order valence-corrected chi connectivity index (χ2v) is 8.60. The molecule has 1 aliphatic carbocycles. The topological polar surface area (TPSA) is 73.1 Å². The second kappa shape index (κ2) is 7.37. The predicted molar refractivity (Wildman–Crippen MR) is 115 cm³/mol. The highest BCUT2D eigenvalue weighted by Crippen LogP contribution is 2.36. The van der Waals surface area contributed by atoms with Gasteiger partial charge in [0, 0.05) is 11.1 Å². The van der Waals surface area contributed by atoms with Gasteiger partial charge in [0.15, 0.2) is 39.7 Å². The van der Waals surface area contributed by atoms with E-state index < -0.39 is 52.1 Å². The minimum atomic E-state index is -2.30. The molecule has 11 heteroatoms. The van der Waals surface area contributed by atoms with Crippen LogP contribution in [0.3, 0.4) is 0 Å². The van der Waals surface area contributed by atoms with Gasteiger partial charge in [0.2, 0.25) is 11.7 Å². The number of carbonyl (C=O) groups excluding carboxylic acids is 2. The monoisotopic (exact) mass is 498 g/mol. The van der Waals surface area contributed by atoms with Crippen LogP contribution in [0, 0.1) is 29.1 Å². The van der Waals surface area contributed by atoms with Crippen LogP contribution in [0.1, 0.15) is 25.7 Å². The molecule has 0 unspecified atom stereocenters. The number of hydrogen-bond donors (Lipinski definition) is 0. The van der Waals surface area contributed by atoms with Gasteiger partial charge in [-0.3, -0.25) is 9.59 Å². The number of allylic oxidation sites excluding steroid dienone is 1. The smallest absolute Gasteiger partial charge is 0.259 e. The van der Waals surface area contributed by atoms with Crippen LogP contribution in [0.2, 0.25) is 0 Å². The summed E-state index contributed by atoms with van der Waals surface area (Å²) >= 11 is 0.805. The first-order valence-electron chi connectivity index (χ1n) is 9.87. The number of thiazole rings is 1. The maximum absolute atomic E-state index is 14.1. The third-order valence-corrected chi connectivity index (χ3v) is 6.43. The van der Waals surface area contributed by atoms with Crippen molar-refractivity contribution in [3.8, 4) is 11.5 Å². The van der Waals surface area contributed by atoms with Crippen LogP contribution in [-0.2, 0) is 0 Å². The number of Topliss-reactive ketones (excluding diaryl/α,β-unsaturated/α-hetero) is 2.